The number of aliphatic hydroxyl groups excluding tert-OH is 1. The molecule has 0 bridgehead atoms. The molecule has 0 unspecified atom stereocenters. The number of likely N-dealkylation sites (N-methyl/N-ethyl adjacent to an activating group) is 1. The summed E-state index contributed by atoms with van der Waals surface area (Å²) < 4.78 is 23.0. The zero-order valence-corrected chi connectivity index (χ0v) is 13.0. The molecule has 5 nitrogen and oxygen atoms in total. The Labute approximate surface area is 124 Å². The molecule has 20 heavy (non-hydrogen) atoms. The van der Waals surface area contributed by atoms with Gasteiger partial charge in [-0.1, -0.05) is 17.7 Å². The molecule has 2 N–H and O–H groups in total. The fourth-order valence-corrected chi connectivity index (χ4v) is 4.28. The molecule has 1 aromatic carbocycles. The molecular formula is C13H18N2O3S2. The van der Waals surface area contributed by atoms with Crippen molar-refractivity contribution >= 4 is 32.9 Å². The average Bonchev–Trinajstić information content (AvgIpc) is 2.64. The molecule has 0 aromatic heterocycles. The quantitative estimate of drug-likeness (QED) is 0.786. The second-order valence-corrected chi connectivity index (χ2v) is 7.66. The molecule has 0 amide bonds. The van der Waals surface area contributed by atoms with Crippen LogP contribution in [0.3, 0.4) is 0 Å². The second kappa shape index (κ2) is 5.67. The molecule has 1 aromatic rings. The molecule has 1 aliphatic rings. The molecule has 1 saturated heterocycles. The molecule has 0 saturated carbocycles. The van der Waals surface area contributed by atoms with Crippen LogP contribution in [-0.2, 0) is 9.84 Å². The molecule has 2 rings (SSSR count). The number of aryl methyl sites for hydroxylation is 1. The van der Waals surface area contributed by atoms with E-state index in [-0.39, 0.29) is 11.5 Å². The van der Waals surface area contributed by atoms with Crippen LogP contribution in [0.25, 0.3) is 0 Å². The Morgan fingerprint density at radius 1 is 1.35 bits per heavy atom. The van der Waals surface area contributed by atoms with Crippen molar-refractivity contribution in [2.45, 2.75) is 19.1 Å². The number of sulfone groups is 1. The monoisotopic (exact) mass is 314 g/mol. The molecule has 110 valence electrons. The normalized spacial score (nSPS) is 24.4. The maximum absolute atomic E-state index is 11.5. The maximum Gasteiger partial charge on any atom is 0.173 e. The highest BCUT2D eigenvalue weighted by molar-refractivity contribution is 7.91. The van der Waals surface area contributed by atoms with Crippen molar-refractivity contribution in [3.05, 3.63) is 29.8 Å². The van der Waals surface area contributed by atoms with E-state index in [4.69, 9.17) is 12.2 Å². The molecule has 0 radical (unpaired) electrons. The van der Waals surface area contributed by atoms with Crippen LogP contribution in [0, 0.1) is 6.92 Å². The van der Waals surface area contributed by atoms with Gasteiger partial charge in [-0.2, -0.15) is 0 Å². The number of hydrogen-bond acceptors (Lipinski definition) is 4. The number of benzene rings is 1. The first-order valence-electron chi connectivity index (χ1n) is 6.27. The van der Waals surface area contributed by atoms with Gasteiger partial charge in [0, 0.05) is 12.7 Å². The highest BCUT2D eigenvalue weighted by Crippen LogP contribution is 2.18. The van der Waals surface area contributed by atoms with E-state index in [1.165, 1.54) is 0 Å². The lowest BCUT2D eigenvalue weighted by molar-refractivity contribution is 0.134. The summed E-state index contributed by atoms with van der Waals surface area (Å²) in [6, 6.07) is 7.22. The van der Waals surface area contributed by atoms with E-state index in [1.807, 2.05) is 31.2 Å². The third-order valence-corrected chi connectivity index (χ3v) is 5.50. The first-order valence-corrected chi connectivity index (χ1v) is 8.50. The number of rotatable bonds is 2. The number of aliphatic hydroxyl groups is 1. The Morgan fingerprint density at radius 2 is 1.95 bits per heavy atom. The van der Waals surface area contributed by atoms with Crippen LogP contribution in [0.4, 0.5) is 5.69 Å². The Kier molecular flexibility index (Phi) is 4.31. The third-order valence-electron chi connectivity index (χ3n) is 3.41. The van der Waals surface area contributed by atoms with E-state index in [0.717, 1.165) is 11.3 Å². The SMILES string of the molecule is Cc1ccc(NC(=S)N(C)[C@H]2CS(=O)(=O)C[C@@H]2O)cc1. The summed E-state index contributed by atoms with van der Waals surface area (Å²) in [5.41, 5.74) is 1.98. The van der Waals surface area contributed by atoms with Crippen molar-refractivity contribution in [2.75, 3.05) is 23.9 Å². The molecule has 1 aliphatic heterocycles. The second-order valence-electron chi connectivity index (χ2n) is 5.12. The number of hydrogen-bond donors (Lipinski definition) is 2. The van der Waals surface area contributed by atoms with Crippen LogP contribution in [-0.4, -0.2) is 54.2 Å². The van der Waals surface area contributed by atoms with Crippen molar-refractivity contribution in [1.29, 1.82) is 0 Å². The fourth-order valence-electron chi connectivity index (χ4n) is 2.18. The zero-order chi connectivity index (χ0) is 14.9. The number of nitrogens with one attached hydrogen (secondary N) is 1. The van der Waals surface area contributed by atoms with Gasteiger partial charge in [0.1, 0.15) is 0 Å². The Hall–Kier alpha value is -1.18. The lowest BCUT2D eigenvalue weighted by Gasteiger charge is -2.28. The van der Waals surface area contributed by atoms with E-state index < -0.39 is 22.0 Å². The summed E-state index contributed by atoms with van der Waals surface area (Å²) in [4.78, 5) is 1.62. The molecule has 0 aliphatic carbocycles. The van der Waals surface area contributed by atoms with Gasteiger partial charge in [-0.3, -0.25) is 0 Å². The van der Waals surface area contributed by atoms with Crippen molar-refractivity contribution in [3.8, 4) is 0 Å². The topological polar surface area (TPSA) is 69.6 Å². The van der Waals surface area contributed by atoms with Gasteiger partial charge in [0.15, 0.2) is 14.9 Å². The first-order chi connectivity index (χ1) is 9.28. The smallest absolute Gasteiger partial charge is 0.173 e. The van der Waals surface area contributed by atoms with Gasteiger partial charge >= 0.3 is 0 Å². The zero-order valence-electron chi connectivity index (χ0n) is 11.4. The van der Waals surface area contributed by atoms with Gasteiger partial charge in [-0.25, -0.2) is 8.42 Å². The van der Waals surface area contributed by atoms with Gasteiger partial charge in [0.05, 0.1) is 23.7 Å². The summed E-state index contributed by atoms with van der Waals surface area (Å²) in [5, 5.41) is 13.3. The van der Waals surface area contributed by atoms with Crippen molar-refractivity contribution in [3.63, 3.8) is 0 Å². The van der Waals surface area contributed by atoms with Crippen LogP contribution in [0.1, 0.15) is 5.56 Å². The van der Waals surface area contributed by atoms with E-state index in [2.05, 4.69) is 5.32 Å². The Balaban J connectivity index is 2.04. The van der Waals surface area contributed by atoms with Gasteiger partial charge in [-0.15, -0.1) is 0 Å². The lowest BCUT2D eigenvalue weighted by atomic mass is 10.2. The molecular weight excluding hydrogens is 296 g/mol. The highest BCUT2D eigenvalue weighted by atomic mass is 32.2. The van der Waals surface area contributed by atoms with Gasteiger partial charge < -0.3 is 15.3 Å². The number of nitrogens with zero attached hydrogens (tertiary/aromatic N) is 1. The van der Waals surface area contributed by atoms with E-state index >= 15 is 0 Å². The summed E-state index contributed by atoms with van der Waals surface area (Å²) in [6.45, 7) is 1.99. The maximum atomic E-state index is 11.5. The van der Waals surface area contributed by atoms with Crippen LogP contribution in [0.2, 0.25) is 0 Å². The molecule has 1 heterocycles. The van der Waals surface area contributed by atoms with Crippen LogP contribution in [0.15, 0.2) is 24.3 Å². The van der Waals surface area contributed by atoms with E-state index in [1.54, 1.807) is 11.9 Å². The predicted octanol–water partition coefficient (Wildman–Crippen LogP) is 0.782. The van der Waals surface area contributed by atoms with Crippen molar-refractivity contribution in [2.24, 2.45) is 0 Å². The van der Waals surface area contributed by atoms with Crippen molar-refractivity contribution in [1.82, 2.24) is 4.90 Å². The standard InChI is InChI=1S/C13H18N2O3S2/c1-9-3-5-10(6-4-9)14-13(19)15(2)11-7-20(17,18)8-12(11)16/h3-6,11-12,16H,7-8H2,1-2H3,(H,14,19)/t11-,12-/m0/s1. The predicted molar refractivity (Wildman–Crippen MR) is 83.6 cm³/mol. The van der Waals surface area contributed by atoms with E-state index in [0.29, 0.717) is 5.11 Å². The molecule has 1 fully saturated rings. The summed E-state index contributed by atoms with van der Waals surface area (Å²) >= 11 is 5.26. The minimum Gasteiger partial charge on any atom is -0.390 e. The van der Waals surface area contributed by atoms with Crippen molar-refractivity contribution < 1.29 is 13.5 Å². The van der Waals surface area contributed by atoms with E-state index in [9.17, 15) is 13.5 Å². The summed E-state index contributed by atoms with van der Waals surface area (Å²) in [6.07, 6.45) is -0.900. The van der Waals surface area contributed by atoms with Crippen LogP contribution >= 0.6 is 12.2 Å². The molecule has 7 heteroatoms. The minimum atomic E-state index is -3.18. The number of thiocarbonyl (C=S) groups is 1. The Bertz CT molecular complexity index is 599. The largest absolute Gasteiger partial charge is 0.390 e. The fraction of sp³-hybridized carbons (Fsp3) is 0.462. The summed E-state index contributed by atoms with van der Waals surface area (Å²) in [7, 11) is -1.49. The average molecular weight is 314 g/mol. The minimum absolute atomic E-state index is 0.0691. The number of anilines is 1. The lowest BCUT2D eigenvalue weighted by Crippen LogP contribution is -2.45. The third kappa shape index (κ3) is 3.47. The Morgan fingerprint density at radius 3 is 2.45 bits per heavy atom. The first kappa shape index (κ1) is 15.2. The molecule has 2 atom stereocenters. The van der Waals surface area contributed by atoms with Gasteiger partial charge in [-0.05, 0) is 31.3 Å². The van der Waals surface area contributed by atoms with Gasteiger partial charge in [0.25, 0.3) is 0 Å². The van der Waals surface area contributed by atoms with Gasteiger partial charge in [0.2, 0.25) is 0 Å². The highest BCUT2D eigenvalue weighted by Gasteiger charge is 2.39. The van der Waals surface area contributed by atoms with Crippen LogP contribution < -0.4 is 5.32 Å². The molecule has 0 spiro atoms. The van der Waals surface area contributed by atoms with Crippen LogP contribution in [0.5, 0.6) is 0 Å². The summed E-state index contributed by atoms with van der Waals surface area (Å²) in [5.74, 6) is -0.268.